The van der Waals surface area contributed by atoms with Gasteiger partial charge in [-0.25, -0.2) is 14.1 Å². The summed E-state index contributed by atoms with van der Waals surface area (Å²) >= 11 is 12.4. The molecule has 0 saturated carbocycles. The minimum absolute atomic E-state index is 0.0305. The molecule has 5 aromatic rings. The second-order valence-electron chi connectivity index (χ2n) is 7.56. The van der Waals surface area contributed by atoms with E-state index in [4.69, 9.17) is 33.7 Å². The number of ether oxygens (including phenoxy) is 1. The molecule has 2 aromatic heterocycles. The summed E-state index contributed by atoms with van der Waals surface area (Å²) in [6.45, 7) is 0.823. The zero-order valence-electron chi connectivity index (χ0n) is 18.3. The SMILES string of the molecule is Nc1c2c(-c3ccc(F)c(Cl)c3)nc(NCCOc3ccccc3)nc2nn1-c1ccccc1Cl. The fourth-order valence-corrected chi connectivity index (χ4v) is 3.99. The molecule has 176 valence electrons. The Hall–Kier alpha value is -3.88. The van der Waals surface area contributed by atoms with Crippen LogP contribution < -0.4 is 15.8 Å². The van der Waals surface area contributed by atoms with Crippen LogP contribution in [0.25, 0.3) is 28.0 Å². The number of anilines is 2. The summed E-state index contributed by atoms with van der Waals surface area (Å²) in [4.78, 5) is 9.19. The second kappa shape index (κ2) is 9.77. The summed E-state index contributed by atoms with van der Waals surface area (Å²) in [6.07, 6.45) is 0. The van der Waals surface area contributed by atoms with E-state index in [-0.39, 0.29) is 5.02 Å². The number of hydrogen-bond donors (Lipinski definition) is 2. The smallest absolute Gasteiger partial charge is 0.225 e. The van der Waals surface area contributed by atoms with Gasteiger partial charge in [-0.3, -0.25) is 0 Å². The monoisotopic (exact) mass is 508 g/mol. The molecule has 0 aliphatic carbocycles. The number of nitrogens with one attached hydrogen (secondary N) is 1. The van der Waals surface area contributed by atoms with E-state index in [1.165, 1.54) is 16.8 Å². The topological polar surface area (TPSA) is 90.9 Å². The molecular weight excluding hydrogens is 490 g/mol. The van der Waals surface area contributed by atoms with Gasteiger partial charge in [-0.2, -0.15) is 4.98 Å². The van der Waals surface area contributed by atoms with E-state index in [2.05, 4.69) is 20.4 Å². The third-order valence-corrected chi connectivity index (χ3v) is 5.85. The van der Waals surface area contributed by atoms with Crippen molar-refractivity contribution in [2.24, 2.45) is 0 Å². The first-order valence-corrected chi connectivity index (χ1v) is 11.4. The molecule has 0 radical (unpaired) electrons. The predicted octanol–water partition coefficient (Wildman–Crippen LogP) is 6.00. The normalized spacial score (nSPS) is 11.1. The number of nitrogens with two attached hydrogens (primary N) is 1. The van der Waals surface area contributed by atoms with E-state index < -0.39 is 5.82 Å². The Morgan fingerprint density at radius 3 is 2.49 bits per heavy atom. The van der Waals surface area contributed by atoms with Crippen LogP contribution in [0.5, 0.6) is 5.75 Å². The van der Waals surface area contributed by atoms with Gasteiger partial charge in [-0.15, -0.1) is 5.10 Å². The average molecular weight is 509 g/mol. The van der Waals surface area contributed by atoms with Crippen molar-refractivity contribution in [2.45, 2.75) is 0 Å². The highest BCUT2D eigenvalue weighted by Crippen LogP contribution is 2.35. The zero-order chi connectivity index (χ0) is 24.4. The Bertz CT molecular complexity index is 1510. The number of fused-ring (bicyclic) bond motifs is 1. The summed E-state index contributed by atoms with van der Waals surface area (Å²) in [6, 6.07) is 21.0. The van der Waals surface area contributed by atoms with Crippen molar-refractivity contribution in [2.75, 3.05) is 24.2 Å². The van der Waals surface area contributed by atoms with Gasteiger partial charge in [-0.05, 0) is 42.5 Å². The predicted molar refractivity (Wildman–Crippen MR) is 137 cm³/mol. The summed E-state index contributed by atoms with van der Waals surface area (Å²) in [5, 5.41) is 8.68. The molecule has 0 unspecified atom stereocenters. The van der Waals surface area contributed by atoms with Crippen molar-refractivity contribution in [3.05, 3.63) is 88.7 Å². The van der Waals surface area contributed by atoms with Crippen molar-refractivity contribution in [3.8, 4) is 22.7 Å². The highest BCUT2D eigenvalue weighted by atomic mass is 35.5. The highest BCUT2D eigenvalue weighted by molar-refractivity contribution is 6.32. The van der Waals surface area contributed by atoms with Gasteiger partial charge >= 0.3 is 0 Å². The number of rotatable bonds is 7. The highest BCUT2D eigenvalue weighted by Gasteiger charge is 2.20. The van der Waals surface area contributed by atoms with Crippen LogP contribution in [0, 0.1) is 5.82 Å². The van der Waals surface area contributed by atoms with Gasteiger partial charge in [0.1, 0.15) is 24.0 Å². The molecule has 0 aliphatic rings. The Balaban J connectivity index is 1.54. The Morgan fingerprint density at radius 1 is 0.943 bits per heavy atom. The number of hydrogen-bond acceptors (Lipinski definition) is 6. The fourth-order valence-electron chi connectivity index (χ4n) is 3.60. The fraction of sp³-hybridized carbons (Fsp3) is 0.0800. The van der Waals surface area contributed by atoms with Crippen LogP contribution in [0.4, 0.5) is 16.2 Å². The lowest BCUT2D eigenvalue weighted by Gasteiger charge is -2.10. The van der Waals surface area contributed by atoms with Gasteiger partial charge in [0.15, 0.2) is 5.65 Å². The third kappa shape index (κ3) is 4.71. The summed E-state index contributed by atoms with van der Waals surface area (Å²) in [5.41, 5.74) is 8.46. The minimum atomic E-state index is -0.531. The Labute approximate surface area is 210 Å². The average Bonchev–Trinajstić information content (AvgIpc) is 3.20. The van der Waals surface area contributed by atoms with Gasteiger partial charge in [0.25, 0.3) is 0 Å². The number of nitrogen functional groups attached to an aromatic ring is 1. The van der Waals surface area contributed by atoms with Gasteiger partial charge in [-0.1, -0.05) is 53.5 Å². The molecule has 3 N–H and O–H groups in total. The quantitative estimate of drug-likeness (QED) is 0.262. The van der Waals surface area contributed by atoms with Gasteiger partial charge < -0.3 is 15.8 Å². The van der Waals surface area contributed by atoms with Crippen LogP contribution >= 0.6 is 23.2 Å². The summed E-state index contributed by atoms with van der Waals surface area (Å²) in [5.74, 6) is 0.839. The van der Waals surface area contributed by atoms with E-state index in [1.54, 1.807) is 18.2 Å². The Kier molecular flexibility index (Phi) is 6.39. The van der Waals surface area contributed by atoms with Gasteiger partial charge in [0.05, 0.1) is 33.4 Å². The summed E-state index contributed by atoms with van der Waals surface area (Å²) in [7, 11) is 0. The molecule has 0 atom stereocenters. The van der Waals surface area contributed by atoms with Crippen LogP contribution in [0.2, 0.25) is 10.0 Å². The van der Waals surface area contributed by atoms with Gasteiger partial charge in [0.2, 0.25) is 5.95 Å². The lowest BCUT2D eigenvalue weighted by molar-refractivity contribution is 0.332. The molecule has 3 aromatic carbocycles. The number of nitrogens with zero attached hydrogens (tertiary/aromatic N) is 4. The molecule has 0 bridgehead atoms. The first-order chi connectivity index (χ1) is 17.0. The van der Waals surface area contributed by atoms with Gasteiger partial charge in [0, 0.05) is 5.56 Å². The maximum atomic E-state index is 13.9. The first kappa shape index (κ1) is 22.9. The van der Waals surface area contributed by atoms with Crippen molar-refractivity contribution < 1.29 is 9.13 Å². The third-order valence-electron chi connectivity index (χ3n) is 5.24. The number of benzene rings is 3. The zero-order valence-corrected chi connectivity index (χ0v) is 19.8. The van der Waals surface area contributed by atoms with Crippen LogP contribution in [-0.4, -0.2) is 32.9 Å². The molecule has 35 heavy (non-hydrogen) atoms. The maximum absolute atomic E-state index is 13.9. The molecule has 0 saturated heterocycles. The largest absolute Gasteiger partial charge is 0.492 e. The van der Waals surface area contributed by atoms with E-state index in [1.807, 2.05) is 42.5 Å². The summed E-state index contributed by atoms with van der Waals surface area (Å²) < 4.78 is 21.1. The van der Waals surface area contributed by atoms with Crippen molar-refractivity contribution in [1.29, 1.82) is 0 Å². The van der Waals surface area contributed by atoms with E-state index in [0.29, 0.717) is 57.9 Å². The minimum Gasteiger partial charge on any atom is -0.492 e. The molecular formula is C25H19Cl2FN6O. The van der Waals surface area contributed by atoms with E-state index >= 15 is 0 Å². The Morgan fingerprint density at radius 2 is 1.71 bits per heavy atom. The number of para-hydroxylation sites is 2. The molecule has 0 amide bonds. The van der Waals surface area contributed by atoms with Crippen LogP contribution in [0.1, 0.15) is 0 Å². The lowest BCUT2D eigenvalue weighted by Crippen LogP contribution is -2.13. The molecule has 0 fully saturated rings. The number of halogens is 3. The van der Waals surface area contributed by atoms with E-state index in [0.717, 1.165) is 5.75 Å². The van der Waals surface area contributed by atoms with Crippen LogP contribution in [0.15, 0.2) is 72.8 Å². The molecule has 0 aliphatic heterocycles. The lowest BCUT2D eigenvalue weighted by atomic mass is 10.1. The molecule has 0 spiro atoms. The standard InChI is InChI=1S/C25H19Cl2FN6O/c26-17-8-4-5-9-20(17)34-23(29)21-22(15-10-11-19(28)18(27)14-15)31-25(32-24(21)33-34)30-12-13-35-16-6-2-1-3-7-16/h1-11,14H,12-13,29H2,(H,30,32,33). The molecule has 5 rings (SSSR count). The van der Waals surface area contributed by atoms with Crippen LogP contribution in [0.3, 0.4) is 0 Å². The molecule has 10 heteroatoms. The van der Waals surface area contributed by atoms with Crippen LogP contribution in [-0.2, 0) is 0 Å². The van der Waals surface area contributed by atoms with Crippen molar-refractivity contribution >= 4 is 46.0 Å². The second-order valence-corrected chi connectivity index (χ2v) is 8.37. The molecule has 2 heterocycles. The number of aromatic nitrogens is 4. The van der Waals surface area contributed by atoms with Crippen molar-refractivity contribution in [1.82, 2.24) is 19.7 Å². The maximum Gasteiger partial charge on any atom is 0.225 e. The van der Waals surface area contributed by atoms with E-state index in [9.17, 15) is 4.39 Å². The first-order valence-electron chi connectivity index (χ1n) is 10.7. The molecule has 7 nitrogen and oxygen atoms in total. The van der Waals surface area contributed by atoms with Crippen molar-refractivity contribution in [3.63, 3.8) is 0 Å².